The van der Waals surface area contributed by atoms with E-state index in [2.05, 4.69) is 5.32 Å². The number of rotatable bonds is 15. The van der Waals surface area contributed by atoms with Gasteiger partial charge in [-0.2, -0.15) is 0 Å². The first-order chi connectivity index (χ1) is 22.9. The number of sulfonamides is 1. The van der Waals surface area contributed by atoms with Crippen LogP contribution >= 0.6 is 23.2 Å². The minimum Gasteiger partial charge on any atom is -0.494 e. The normalized spacial score (nSPS) is 12.5. The molecular weight excluding hydrogens is 669 g/mol. The highest BCUT2D eigenvalue weighted by Gasteiger charge is 2.35. The molecule has 0 aliphatic rings. The molecule has 254 valence electrons. The number of hydrogen-bond acceptors (Lipinski definition) is 5. The molecule has 0 bridgehead atoms. The Labute approximate surface area is 293 Å². The van der Waals surface area contributed by atoms with E-state index in [1.165, 1.54) is 17.0 Å². The quantitative estimate of drug-likeness (QED) is 0.138. The zero-order chi connectivity index (χ0) is 34.8. The summed E-state index contributed by atoms with van der Waals surface area (Å²) in [6.45, 7) is 7.27. The van der Waals surface area contributed by atoms with E-state index >= 15 is 0 Å². The predicted molar refractivity (Wildman–Crippen MR) is 192 cm³/mol. The molecule has 0 aliphatic carbocycles. The summed E-state index contributed by atoms with van der Waals surface area (Å²) in [5.41, 5.74) is 2.48. The van der Waals surface area contributed by atoms with E-state index in [0.29, 0.717) is 40.1 Å². The van der Waals surface area contributed by atoms with Gasteiger partial charge in [0.2, 0.25) is 11.8 Å². The van der Waals surface area contributed by atoms with E-state index in [1.807, 2.05) is 58.0 Å². The number of nitrogens with one attached hydrogen (secondary N) is 1. The number of hydrogen-bond donors (Lipinski definition) is 1. The van der Waals surface area contributed by atoms with Crippen molar-refractivity contribution in [1.29, 1.82) is 0 Å². The van der Waals surface area contributed by atoms with Crippen LogP contribution in [-0.4, -0.2) is 50.4 Å². The smallest absolute Gasteiger partial charge is 0.264 e. The molecule has 4 aromatic rings. The van der Waals surface area contributed by atoms with Crippen LogP contribution in [-0.2, 0) is 32.6 Å². The number of benzene rings is 4. The van der Waals surface area contributed by atoms with Gasteiger partial charge in [-0.3, -0.25) is 13.9 Å². The molecule has 2 atom stereocenters. The van der Waals surface area contributed by atoms with Crippen molar-refractivity contribution < 1.29 is 22.7 Å². The Balaban J connectivity index is 1.83. The highest BCUT2D eigenvalue weighted by molar-refractivity contribution is 7.92. The van der Waals surface area contributed by atoms with E-state index in [9.17, 15) is 18.0 Å². The molecule has 0 radical (unpaired) electrons. The molecule has 1 N–H and O–H groups in total. The fourth-order valence-corrected chi connectivity index (χ4v) is 7.02. The van der Waals surface area contributed by atoms with E-state index in [1.54, 1.807) is 54.6 Å². The van der Waals surface area contributed by atoms with Gasteiger partial charge in [-0.25, -0.2) is 8.42 Å². The van der Waals surface area contributed by atoms with Crippen LogP contribution in [0, 0.1) is 6.92 Å². The first-order valence-corrected chi connectivity index (χ1v) is 18.0. The first-order valence-electron chi connectivity index (χ1n) is 15.8. The second-order valence-electron chi connectivity index (χ2n) is 11.5. The topological polar surface area (TPSA) is 96.0 Å². The van der Waals surface area contributed by atoms with Gasteiger partial charge < -0.3 is 15.0 Å². The third-order valence-electron chi connectivity index (χ3n) is 7.99. The van der Waals surface area contributed by atoms with E-state index in [0.717, 1.165) is 15.4 Å². The lowest BCUT2D eigenvalue weighted by molar-refractivity contribution is -0.140. The SMILES string of the molecule is CCOc1ccc(S(=O)(=O)N(CC(=O)N(Cc2c(Cl)cccc2Cl)[C@H](Cc2ccccc2)C(=O)N[C@@H](C)CC)c2ccc(C)cc2)cc1. The maximum Gasteiger partial charge on any atom is 0.264 e. The fourth-order valence-electron chi connectivity index (χ4n) is 5.09. The Morgan fingerprint density at radius 3 is 2.06 bits per heavy atom. The van der Waals surface area contributed by atoms with Gasteiger partial charge in [0.15, 0.2) is 0 Å². The molecule has 0 aliphatic heterocycles. The Kier molecular flexibility index (Phi) is 12.9. The van der Waals surface area contributed by atoms with Crippen LogP contribution in [0.2, 0.25) is 10.0 Å². The number of ether oxygens (including phenoxy) is 1. The molecule has 0 aromatic heterocycles. The van der Waals surface area contributed by atoms with Gasteiger partial charge in [0.05, 0.1) is 17.2 Å². The zero-order valence-electron chi connectivity index (χ0n) is 27.5. The number of nitrogens with zero attached hydrogens (tertiary/aromatic N) is 2. The molecule has 0 saturated heterocycles. The second kappa shape index (κ2) is 16.9. The van der Waals surface area contributed by atoms with Crippen LogP contribution in [0.25, 0.3) is 0 Å². The molecule has 0 spiro atoms. The largest absolute Gasteiger partial charge is 0.494 e. The van der Waals surface area contributed by atoms with Crippen molar-refractivity contribution in [2.45, 2.75) is 64.1 Å². The number of halogens is 2. The van der Waals surface area contributed by atoms with Gasteiger partial charge in [0, 0.05) is 34.6 Å². The lowest BCUT2D eigenvalue weighted by atomic mass is 10.0. The monoisotopic (exact) mass is 709 g/mol. The maximum absolute atomic E-state index is 14.7. The third kappa shape index (κ3) is 9.30. The summed E-state index contributed by atoms with van der Waals surface area (Å²) in [6, 6.07) is 26.1. The minimum absolute atomic E-state index is 0.0182. The molecule has 0 saturated carbocycles. The van der Waals surface area contributed by atoms with Crippen LogP contribution in [0.5, 0.6) is 5.75 Å². The number of anilines is 1. The van der Waals surface area contributed by atoms with Crippen LogP contribution in [0.4, 0.5) is 5.69 Å². The van der Waals surface area contributed by atoms with Gasteiger partial charge in [0.1, 0.15) is 18.3 Å². The van der Waals surface area contributed by atoms with Crippen molar-refractivity contribution in [3.05, 3.63) is 124 Å². The molecule has 4 aromatic carbocycles. The molecule has 0 heterocycles. The van der Waals surface area contributed by atoms with Crippen LogP contribution in [0.1, 0.15) is 43.9 Å². The summed E-state index contributed by atoms with van der Waals surface area (Å²) in [5, 5.41) is 3.66. The van der Waals surface area contributed by atoms with Crippen LogP contribution in [0.3, 0.4) is 0 Å². The Morgan fingerprint density at radius 1 is 0.854 bits per heavy atom. The summed E-state index contributed by atoms with van der Waals surface area (Å²) in [4.78, 5) is 30.0. The predicted octanol–water partition coefficient (Wildman–Crippen LogP) is 7.45. The van der Waals surface area contributed by atoms with Gasteiger partial charge in [0.25, 0.3) is 10.0 Å². The van der Waals surface area contributed by atoms with Gasteiger partial charge in [-0.05, 0) is 81.3 Å². The minimum atomic E-state index is -4.27. The highest BCUT2D eigenvalue weighted by Crippen LogP contribution is 2.29. The van der Waals surface area contributed by atoms with Crippen molar-refractivity contribution in [1.82, 2.24) is 10.2 Å². The summed E-state index contributed by atoms with van der Waals surface area (Å²) < 4.78 is 35.1. The standard InChI is InChI=1S/C37H41Cl2N3O5S/c1-5-27(4)40-37(44)35(23-28-11-8-7-9-12-28)41(24-32-33(38)13-10-14-34(32)39)36(43)25-42(29-17-15-26(3)16-18-29)48(45,46)31-21-19-30(20-22-31)47-6-2/h7-22,27,35H,5-6,23-25H2,1-4H3,(H,40,44)/t27-,35+/m0/s1. The van der Waals surface area contributed by atoms with Crippen molar-refractivity contribution in [2.24, 2.45) is 0 Å². The number of aryl methyl sites for hydroxylation is 1. The van der Waals surface area contributed by atoms with Crippen molar-refractivity contribution in [2.75, 3.05) is 17.5 Å². The number of carbonyl (C=O) groups is 2. The maximum atomic E-state index is 14.7. The summed E-state index contributed by atoms with van der Waals surface area (Å²) in [6.07, 6.45) is 0.850. The number of carbonyl (C=O) groups excluding carboxylic acids is 2. The fraction of sp³-hybridized carbons (Fsp3) is 0.297. The highest BCUT2D eigenvalue weighted by atomic mass is 35.5. The average Bonchev–Trinajstić information content (AvgIpc) is 3.07. The summed E-state index contributed by atoms with van der Waals surface area (Å²) in [5.74, 6) is -0.462. The van der Waals surface area contributed by atoms with Crippen molar-refractivity contribution in [3.8, 4) is 5.75 Å². The second-order valence-corrected chi connectivity index (χ2v) is 14.2. The molecule has 0 fully saturated rings. The summed E-state index contributed by atoms with van der Waals surface area (Å²) in [7, 11) is -4.27. The Hall–Kier alpha value is -4.05. The van der Waals surface area contributed by atoms with Gasteiger partial charge in [-0.1, -0.05) is 84.2 Å². The third-order valence-corrected chi connectivity index (χ3v) is 10.5. The van der Waals surface area contributed by atoms with E-state index < -0.39 is 28.5 Å². The van der Waals surface area contributed by atoms with E-state index in [-0.39, 0.29) is 29.8 Å². The summed E-state index contributed by atoms with van der Waals surface area (Å²) >= 11 is 13.2. The van der Waals surface area contributed by atoms with Gasteiger partial charge in [-0.15, -0.1) is 0 Å². The zero-order valence-corrected chi connectivity index (χ0v) is 29.9. The average molecular weight is 711 g/mol. The Morgan fingerprint density at radius 2 is 1.48 bits per heavy atom. The Bertz CT molecular complexity index is 1770. The van der Waals surface area contributed by atoms with Gasteiger partial charge >= 0.3 is 0 Å². The molecule has 2 amide bonds. The van der Waals surface area contributed by atoms with Crippen LogP contribution < -0.4 is 14.4 Å². The first kappa shape index (κ1) is 36.8. The van der Waals surface area contributed by atoms with Crippen molar-refractivity contribution >= 4 is 50.7 Å². The molecule has 4 rings (SSSR count). The lowest BCUT2D eigenvalue weighted by Crippen LogP contribution is -2.54. The number of amides is 2. The molecular formula is C37H41Cl2N3O5S. The molecule has 0 unspecified atom stereocenters. The lowest BCUT2D eigenvalue weighted by Gasteiger charge is -2.34. The molecule has 8 nitrogen and oxygen atoms in total. The van der Waals surface area contributed by atoms with Crippen molar-refractivity contribution in [3.63, 3.8) is 0 Å². The molecule has 11 heteroatoms. The van der Waals surface area contributed by atoms with Crippen LogP contribution in [0.15, 0.2) is 102 Å². The van der Waals surface area contributed by atoms with E-state index in [4.69, 9.17) is 27.9 Å². The molecule has 48 heavy (non-hydrogen) atoms.